The molecule has 1 heterocycles. The Morgan fingerprint density at radius 2 is 2.00 bits per heavy atom. The maximum absolute atomic E-state index is 11.9. The van der Waals surface area contributed by atoms with E-state index >= 15 is 0 Å². The number of hydrogen-bond donors (Lipinski definition) is 1. The van der Waals surface area contributed by atoms with E-state index in [2.05, 4.69) is 38.0 Å². The lowest BCUT2D eigenvalue weighted by atomic mass is 10.0. The molecule has 0 aromatic carbocycles. The molecule has 20 heavy (non-hydrogen) atoms. The highest BCUT2D eigenvalue weighted by Crippen LogP contribution is 2.68. The van der Waals surface area contributed by atoms with E-state index in [0.29, 0.717) is 34.7 Å². The van der Waals surface area contributed by atoms with Crippen LogP contribution in [-0.4, -0.2) is 24.1 Å². The lowest BCUT2D eigenvalue weighted by Gasteiger charge is -2.10. The zero-order valence-corrected chi connectivity index (χ0v) is 13.0. The summed E-state index contributed by atoms with van der Waals surface area (Å²) in [4.78, 5) is 16.1. The fourth-order valence-electron chi connectivity index (χ4n) is 2.96. The summed E-state index contributed by atoms with van der Waals surface area (Å²) in [6, 6.07) is 3.50. The first-order valence-electron chi connectivity index (χ1n) is 7.18. The van der Waals surface area contributed by atoms with Gasteiger partial charge in [-0.05, 0) is 35.8 Å². The van der Waals surface area contributed by atoms with Gasteiger partial charge in [0.05, 0.1) is 6.61 Å². The largest absolute Gasteiger partial charge is 0.462 e. The van der Waals surface area contributed by atoms with Crippen molar-refractivity contribution >= 4 is 11.8 Å². The number of nitrogens with zero attached hydrogens (tertiary/aromatic N) is 1. The highest BCUT2D eigenvalue weighted by molar-refractivity contribution is 5.94. The van der Waals surface area contributed by atoms with Gasteiger partial charge in [-0.15, -0.1) is 0 Å². The van der Waals surface area contributed by atoms with E-state index in [0.717, 1.165) is 6.54 Å². The van der Waals surface area contributed by atoms with Crippen molar-refractivity contribution in [2.45, 2.75) is 34.6 Å². The Hall–Kier alpha value is -1.58. The molecule has 1 aromatic rings. The summed E-state index contributed by atoms with van der Waals surface area (Å²) in [6.45, 7) is 12.1. The van der Waals surface area contributed by atoms with Crippen molar-refractivity contribution in [2.75, 3.05) is 18.5 Å². The van der Waals surface area contributed by atoms with Gasteiger partial charge in [0.25, 0.3) is 0 Å². The van der Waals surface area contributed by atoms with Crippen LogP contribution < -0.4 is 5.32 Å². The zero-order chi connectivity index (χ0) is 15.0. The molecule has 1 aromatic heterocycles. The minimum atomic E-state index is -0.322. The summed E-state index contributed by atoms with van der Waals surface area (Å²) >= 11 is 0. The molecular weight excluding hydrogens is 252 g/mol. The molecule has 1 saturated carbocycles. The molecule has 0 saturated heterocycles. The number of pyridine rings is 1. The predicted octanol–water partition coefficient (Wildman–Crippen LogP) is 3.35. The Bertz CT molecular complexity index is 495. The van der Waals surface area contributed by atoms with Crippen LogP contribution in [0.3, 0.4) is 0 Å². The molecule has 4 nitrogen and oxygen atoms in total. The van der Waals surface area contributed by atoms with E-state index in [4.69, 9.17) is 4.74 Å². The van der Waals surface area contributed by atoms with Crippen LogP contribution in [0.5, 0.6) is 0 Å². The molecule has 1 fully saturated rings. The Labute approximate surface area is 120 Å². The third kappa shape index (κ3) is 2.39. The zero-order valence-electron chi connectivity index (χ0n) is 13.0. The van der Waals surface area contributed by atoms with E-state index in [1.807, 2.05) is 0 Å². The summed E-state index contributed by atoms with van der Waals surface area (Å²) in [5.74, 6) is 0.869. The first-order chi connectivity index (χ1) is 9.32. The second kappa shape index (κ2) is 5.08. The van der Waals surface area contributed by atoms with Gasteiger partial charge in [-0.2, -0.15) is 0 Å². The van der Waals surface area contributed by atoms with Gasteiger partial charge < -0.3 is 10.1 Å². The third-order valence-electron chi connectivity index (χ3n) is 5.10. The number of ether oxygens (including phenoxy) is 1. The molecule has 4 heteroatoms. The Morgan fingerprint density at radius 1 is 1.35 bits per heavy atom. The minimum Gasteiger partial charge on any atom is -0.462 e. The van der Waals surface area contributed by atoms with E-state index in [9.17, 15) is 4.79 Å². The summed E-state index contributed by atoms with van der Waals surface area (Å²) in [5.41, 5.74) is 1.14. The molecule has 1 N–H and O–H groups in total. The number of rotatable bonds is 5. The number of aromatic nitrogens is 1. The molecule has 0 spiro atoms. The molecule has 0 radical (unpaired) electrons. The van der Waals surface area contributed by atoms with Crippen molar-refractivity contribution in [3.63, 3.8) is 0 Å². The fourth-order valence-corrected chi connectivity index (χ4v) is 2.96. The maximum Gasteiger partial charge on any atom is 0.341 e. The van der Waals surface area contributed by atoms with Crippen LogP contribution in [0, 0.1) is 16.7 Å². The van der Waals surface area contributed by atoms with E-state index in [1.165, 1.54) is 0 Å². The molecule has 2 rings (SSSR count). The summed E-state index contributed by atoms with van der Waals surface area (Å²) < 4.78 is 5.05. The summed E-state index contributed by atoms with van der Waals surface area (Å²) in [6.07, 6.45) is 1.69. The molecule has 0 aliphatic heterocycles. The van der Waals surface area contributed by atoms with Gasteiger partial charge in [0.15, 0.2) is 0 Å². The number of carbonyl (C=O) groups excluding carboxylic acids is 1. The Kier molecular flexibility index (Phi) is 3.76. The van der Waals surface area contributed by atoms with Gasteiger partial charge in [0, 0.05) is 12.7 Å². The van der Waals surface area contributed by atoms with E-state index < -0.39 is 0 Å². The number of nitrogens with one attached hydrogen (secondary N) is 1. The van der Waals surface area contributed by atoms with E-state index in [1.54, 1.807) is 25.3 Å². The van der Waals surface area contributed by atoms with E-state index in [-0.39, 0.29) is 5.97 Å². The predicted molar refractivity (Wildman–Crippen MR) is 79.7 cm³/mol. The maximum atomic E-state index is 11.9. The van der Waals surface area contributed by atoms with Crippen LogP contribution in [0.2, 0.25) is 0 Å². The standard InChI is InChI=1S/C16H24N2O2/c1-6-20-14(19)11-8-7-9-17-13(11)18-10-12-15(2,3)16(12,4)5/h7-9,12H,6,10H2,1-5H3,(H,17,18). The molecule has 0 atom stereocenters. The number of hydrogen-bond acceptors (Lipinski definition) is 4. The van der Waals surface area contributed by atoms with Gasteiger partial charge in [0.1, 0.15) is 11.4 Å². The normalized spacial score (nSPS) is 19.4. The molecular formula is C16H24N2O2. The minimum absolute atomic E-state index is 0.318. The highest BCUT2D eigenvalue weighted by atomic mass is 16.5. The lowest BCUT2D eigenvalue weighted by molar-refractivity contribution is 0.0527. The van der Waals surface area contributed by atoms with Gasteiger partial charge in [-0.25, -0.2) is 9.78 Å². The van der Waals surface area contributed by atoms with Gasteiger partial charge in [-0.1, -0.05) is 27.7 Å². The SMILES string of the molecule is CCOC(=O)c1cccnc1NCC1C(C)(C)C1(C)C. The quantitative estimate of drug-likeness (QED) is 0.838. The van der Waals surface area contributed by atoms with Gasteiger partial charge >= 0.3 is 5.97 Å². The highest BCUT2D eigenvalue weighted by Gasteiger charge is 2.64. The molecule has 110 valence electrons. The number of esters is 1. The molecule has 0 bridgehead atoms. The van der Waals surface area contributed by atoms with Crippen LogP contribution in [0.4, 0.5) is 5.82 Å². The second-order valence-electron chi connectivity index (χ2n) is 6.50. The third-order valence-corrected chi connectivity index (χ3v) is 5.10. The Morgan fingerprint density at radius 3 is 2.55 bits per heavy atom. The van der Waals surface area contributed by atoms with Crippen LogP contribution in [-0.2, 0) is 4.74 Å². The van der Waals surface area contributed by atoms with Crippen molar-refractivity contribution < 1.29 is 9.53 Å². The average Bonchev–Trinajstić information content (AvgIpc) is 2.78. The number of carbonyl (C=O) groups is 1. The van der Waals surface area contributed by atoms with Crippen molar-refractivity contribution in [3.05, 3.63) is 23.9 Å². The molecule has 0 unspecified atom stereocenters. The topological polar surface area (TPSA) is 51.2 Å². The fraction of sp³-hybridized carbons (Fsp3) is 0.625. The first-order valence-corrected chi connectivity index (χ1v) is 7.18. The van der Waals surface area contributed by atoms with Crippen molar-refractivity contribution in [1.29, 1.82) is 0 Å². The Balaban J connectivity index is 2.06. The lowest BCUT2D eigenvalue weighted by Crippen LogP contribution is -2.14. The van der Waals surface area contributed by atoms with Crippen LogP contribution in [0.25, 0.3) is 0 Å². The van der Waals surface area contributed by atoms with Gasteiger partial charge in [-0.3, -0.25) is 0 Å². The van der Waals surface area contributed by atoms with Crippen LogP contribution in [0.15, 0.2) is 18.3 Å². The second-order valence-corrected chi connectivity index (χ2v) is 6.50. The van der Waals surface area contributed by atoms with Gasteiger partial charge in [0.2, 0.25) is 0 Å². The van der Waals surface area contributed by atoms with Crippen molar-refractivity contribution in [1.82, 2.24) is 4.98 Å². The molecule has 0 amide bonds. The molecule has 1 aliphatic rings. The monoisotopic (exact) mass is 276 g/mol. The van der Waals surface area contributed by atoms with Crippen LogP contribution in [0.1, 0.15) is 45.0 Å². The summed E-state index contributed by atoms with van der Waals surface area (Å²) in [7, 11) is 0. The first kappa shape index (κ1) is 14.8. The van der Waals surface area contributed by atoms with Crippen molar-refractivity contribution in [3.8, 4) is 0 Å². The number of anilines is 1. The smallest absolute Gasteiger partial charge is 0.341 e. The summed E-state index contributed by atoms with van der Waals surface area (Å²) in [5, 5.41) is 3.31. The average molecular weight is 276 g/mol. The van der Waals surface area contributed by atoms with Crippen LogP contribution >= 0.6 is 0 Å². The molecule has 1 aliphatic carbocycles. The van der Waals surface area contributed by atoms with Crippen molar-refractivity contribution in [2.24, 2.45) is 16.7 Å².